The lowest BCUT2D eigenvalue weighted by atomic mass is 10.0. The fourth-order valence-corrected chi connectivity index (χ4v) is 4.41. The summed E-state index contributed by atoms with van der Waals surface area (Å²) >= 11 is 5.62. The first-order chi connectivity index (χ1) is 8.42. The van der Waals surface area contributed by atoms with Gasteiger partial charge in [-0.3, -0.25) is 0 Å². The Morgan fingerprint density at radius 2 is 2.11 bits per heavy atom. The molecule has 0 radical (unpaired) electrons. The lowest BCUT2D eigenvalue weighted by molar-refractivity contribution is 0.160. The maximum Gasteiger partial charge on any atom is 0.156 e. The van der Waals surface area contributed by atoms with E-state index in [9.17, 15) is 17.9 Å². The summed E-state index contributed by atoms with van der Waals surface area (Å²) in [7, 11) is -3.35. The number of aliphatic hydroxyl groups is 1. The van der Waals surface area contributed by atoms with Crippen LogP contribution in [0.4, 0.5) is 4.39 Å². The van der Waals surface area contributed by atoms with Gasteiger partial charge in [0.1, 0.15) is 5.82 Å². The van der Waals surface area contributed by atoms with E-state index >= 15 is 0 Å². The van der Waals surface area contributed by atoms with Gasteiger partial charge in [0.15, 0.2) is 9.84 Å². The smallest absolute Gasteiger partial charge is 0.156 e. The Bertz CT molecular complexity index is 544. The van der Waals surface area contributed by atoms with Crippen LogP contribution in [0, 0.1) is 5.82 Å². The number of hydrogen-bond acceptors (Lipinski definition) is 3. The van der Waals surface area contributed by atoms with Crippen molar-refractivity contribution in [3.63, 3.8) is 0 Å². The Kier molecular flexibility index (Phi) is 3.94. The third-order valence-electron chi connectivity index (χ3n) is 3.26. The molecule has 100 valence electrons. The summed E-state index contributed by atoms with van der Waals surface area (Å²) in [5.74, 6) is -0.611. The Morgan fingerprint density at radius 3 is 2.72 bits per heavy atom. The van der Waals surface area contributed by atoms with E-state index in [4.69, 9.17) is 11.6 Å². The zero-order valence-corrected chi connectivity index (χ0v) is 11.2. The molecule has 1 aliphatic rings. The first-order valence-electron chi connectivity index (χ1n) is 5.76. The Balaban J connectivity index is 2.33. The summed E-state index contributed by atoms with van der Waals surface area (Å²) in [6, 6.07) is 3.86. The van der Waals surface area contributed by atoms with Crippen molar-refractivity contribution in [2.24, 2.45) is 0 Å². The molecule has 18 heavy (non-hydrogen) atoms. The lowest BCUT2D eigenvalue weighted by Gasteiger charge is -2.27. The Morgan fingerprint density at radius 1 is 1.39 bits per heavy atom. The van der Waals surface area contributed by atoms with E-state index in [1.807, 2.05) is 0 Å². The van der Waals surface area contributed by atoms with Crippen LogP contribution < -0.4 is 0 Å². The normalized spacial score (nSPS) is 24.7. The molecule has 2 unspecified atom stereocenters. The standard InChI is InChI=1S/C12H14ClFO3S/c13-8-4-5-9(10(14)7-8)12(15)11-3-1-2-6-18(11,16)17/h4-5,7,11-12,15H,1-3,6H2. The second-order valence-corrected chi connectivity index (χ2v) is 7.29. The molecule has 0 aromatic heterocycles. The highest BCUT2D eigenvalue weighted by Crippen LogP contribution is 2.32. The average Bonchev–Trinajstić information content (AvgIpc) is 2.27. The average molecular weight is 293 g/mol. The Hall–Kier alpha value is -0.650. The highest BCUT2D eigenvalue weighted by Gasteiger charge is 2.36. The minimum absolute atomic E-state index is 0.00475. The van der Waals surface area contributed by atoms with Crippen molar-refractivity contribution in [1.82, 2.24) is 0 Å². The summed E-state index contributed by atoms with van der Waals surface area (Å²) in [4.78, 5) is 0. The monoisotopic (exact) mass is 292 g/mol. The zero-order valence-electron chi connectivity index (χ0n) is 9.64. The van der Waals surface area contributed by atoms with Gasteiger partial charge in [0.05, 0.1) is 17.1 Å². The van der Waals surface area contributed by atoms with Crippen molar-refractivity contribution in [2.45, 2.75) is 30.6 Å². The molecule has 0 amide bonds. The molecule has 2 atom stereocenters. The van der Waals surface area contributed by atoms with Crippen molar-refractivity contribution in [3.05, 3.63) is 34.6 Å². The van der Waals surface area contributed by atoms with Crippen molar-refractivity contribution in [2.75, 3.05) is 5.75 Å². The predicted octanol–water partition coefficient (Wildman–Crippen LogP) is 2.48. The third kappa shape index (κ3) is 2.68. The van der Waals surface area contributed by atoms with E-state index in [-0.39, 0.29) is 16.3 Å². The van der Waals surface area contributed by atoms with Gasteiger partial charge in [-0.25, -0.2) is 12.8 Å². The number of rotatable bonds is 2. The minimum Gasteiger partial charge on any atom is -0.387 e. The van der Waals surface area contributed by atoms with Crippen molar-refractivity contribution in [1.29, 1.82) is 0 Å². The molecule has 0 aliphatic carbocycles. The van der Waals surface area contributed by atoms with Crippen LogP contribution in [0.1, 0.15) is 30.9 Å². The molecular weight excluding hydrogens is 279 g/mol. The fourth-order valence-electron chi connectivity index (χ4n) is 2.28. The van der Waals surface area contributed by atoms with Crippen molar-refractivity contribution in [3.8, 4) is 0 Å². The van der Waals surface area contributed by atoms with Crippen LogP contribution in [-0.2, 0) is 9.84 Å². The molecule has 1 saturated heterocycles. The highest BCUT2D eigenvalue weighted by atomic mass is 35.5. The second-order valence-electron chi connectivity index (χ2n) is 4.51. The van der Waals surface area contributed by atoms with Gasteiger partial charge in [-0.15, -0.1) is 0 Å². The Labute approximate surface area is 111 Å². The molecule has 6 heteroatoms. The van der Waals surface area contributed by atoms with Gasteiger partial charge in [0.2, 0.25) is 0 Å². The largest absolute Gasteiger partial charge is 0.387 e. The summed E-state index contributed by atoms with van der Waals surface area (Å²) in [5, 5.41) is 9.39. The fraction of sp³-hybridized carbons (Fsp3) is 0.500. The van der Waals surface area contributed by atoms with Crippen molar-refractivity contribution < 1.29 is 17.9 Å². The maximum absolute atomic E-state index is 13.7. The topological polar surface area (TPSA) is 54.4 Å². The third-order valence-corrected chi connectivity index (χ3v) is 5.77. The van der Waals surface area contributed by atoms with E-state index in [2.05, 4.69) is 0 Å². The summed E-state index contributed by atoms with van der Waals surface area (Å²) < 4.78 is 37.4. The molecule has 1 aliphatic heterocycles. The number of halogens is 2. The van der Waals surface area contributed by atoms with Gasteiger partial charge < -0.3 is 5.11 Å². The predicted molar refractivity (Wildman–Crippen MR) is 67.8 cm³/mol. The van der Waals surface area contributed by atoms with E-state index in [1.165, 1.54) is 12.1 Å². The van der Waals surface area contributed by atoms with Gasteiger partial charge in [0.25, 0.3) is 0 Å². The molecule has 3 nitrogen and oxygen atoms in total. The van der Waals surface area contributed by atoms with Crippen LogP contribution in [0.2, 0.25) is 5.02 Å². The highest BCUT2D eigenvalue weighted by molar-refractivity contribution is 7.92. The molecule has 1 fully saturated rings. The van der Waals surface area contributed by atoms with Crippen LogP contribution in [0.3, 0.4) is 0 Å². The summed E-state index contributed by atoms with van der Waals surface area (Å²) in [5.41, 5.74) is -0.00475. The van der Waals surface area contributed by atoms with Crippen molar-refractivity contribution >= 4 is 21.4 Å². The molecule has 1 aromatic rings. The van der Waals surface area contributed by atoms with Gasteiger partial charge in [-0.05, 0) is 25.0 Å². The first kappa shape index (κ1) is 13.8. The van der Waals surface area contributed by atoms with Gasteiger partial charge >= 0.3 is 0 Å². The molecule has 1 aromatic carbocycles. The minimum atomic E-state index is -3.35. The van der Waals surface area contributed by atoms with E-state index < -0.39 is 27.0 Å². The van der Waals surface area contributed by atoms with Crippen LogP contribution >= 0.6 is 11.6 Å². The number of sulfone groups is 1. The van der Waals surface area contributed by atoms with Crippen LogP contribution in [0.15, 0.2) is 18.2 Å². The van der Waals surface area contributed by atoms with E-state index in [0.29, 0.717) is 12.8 Å². The molecule has 0 saturated carbocycles. The number of aliphatic hydroxyl groups excluding tert-OH is 1. The molecule has 0 spiro atoms. The quantitative estimate of drug-likeness (QED) is 0.911. The molecular formula is C12H14ClFO3S. The van der Waals surface area contributed by atoms with Gasteiger partial charge in [-0.2, -0.15) is 0 Å². The van der Waals surface area contributed by atoms with Crippen LogP contribution in [-0.4, -0.2) is 24.5 Å². The lowest BCUT2D eigenvalue weighted by Crippen LogP contribution is -2.34. The van der Waals surface area contributed by atoms with Crippen LogP contribution in [0.5, 0.6) is 0 Å². The maximum atomic E-state index is 13.7. The van der Waals surface area contributed by atoms with Crippen LogP contribution in [0.25, 0.3) is 0 Å². The second kappa shape index (κ2) is 5.15. The van der Waals surface area contributed by atoms with Gasteiger partial charge in [-0.1, -0.05) is 24.1 Å². The molecule has 1 heterocycles. The number of benzene rings is 1. The zero-order chi connectivity index (χ0) is 13.3. The molecule has 1 N–H and O–H groups in total. The summed E-state index contributed by atoms with van der Waals surface area (Å²) in [6.07, 6.45) is 0.378. The first-order valence-corrected chi connectivity index (χ1v) is 7.86. The van der Waals surface area contributed by atoms with E-state index in [1.54, 1.807) is 0 Å². The summed E-state index contributed by atoms with van der Waals surface area (Å²) in [6.45, 7) is 0. The molecule has 2 rings (SSSR count). The SMILES string of the molecule is O=S1(=O)CCCCC1C(O)c1ccc(Cl)cc1F. The van der Waals surface area contributed by atoms with E-state index in [0.717, 1.165) is 12.5 Å². The van der Waals surface area contributed by atoms with Gasteiger partial charge in [0, 0.05) is 10.6 Å². The molecule has 0 bridgehead atoms. The number of hydrogen-bond donors (Lipinski definition) is 1.